The average Bonchev–Trinajstić information content (AvgIpc) is 2.69. The summed E-state index contributed by atoms with van der Waals surface area (Å²) in [5, 5.41) is 0. The van der Waals surface area contributed by atoms with Crippen LogP contribution in [0, 0.1) is 5.92 Å². The molecule has 64 valence electrons. The SMILES string of the molecule is CCN(CC)C(=O)C1CC1N. The first kappa shape index (κ1) is 8.53. The van der Waals surface area contributed by atoms with Crippen LogP contribution in [0.4, 0.5) is 0 Å². The molecule has 2 N–H and O–H groups in total. The molecule has 0 heterocycles. The number of hydrogen-bond donors (Lipinski definition) is 1. The van der Waals surface area contributed by atoms with Gasteiger partial charge < -0.3 is 10.6 Å². The van der Waals surface area contributed by atoms with E-state index in [0.29, 0.717) is 0 Å². The second-order valence-electron chi connectivity index (χ2n) is 3.02. The van der Waals surface area contributed by atoms with Gasteiger partial charge in [-0.3, -0.25) is 4.79 Å². The lowest BCUT2D eigenvalue weighted by Crippen LogP contribution is -2.33. The first-order valence-electron chi connectivity index (χ1n) is 4.25. The van der Waals surface area contributed by atoms with E-state index >= 15 is 0 Å². The molecular formula is C8H16N2O. The molecule has 1 saturated carbocycles. The van der Waals surface area contributed by atoms with Crippen LogP contribution in [0.3, 0.4) is 0 Å². The summed E-state index contributed by atoms with van der Waals surface area (Å²) in [6.45, 7) is 5.60. The Morgan fingerprint density at radius 3 is 2.27 bits per heavy atom. The Bertz CT molecular complexity index is 154. The highest BCUT2D eigenvalue weighted by atomic mass is 16.2. The highest BCUT2D eigenvalue weighted by Crippen LogP contribution is 2.29. The predicted molar refractivity (Wildman–Crippen MR) is 44.0 cm³/mol. The van der Waals surface area contributed by atoms with Gasteiger partial charge in [-0.15, -0.1) is 0 Å². The molecule has 1 amide bonds. The standard InChI is InChI=1S/C8H16N2O/c1-3-10(4-2)8(11)6-5-7(6)9/h6-7H,3-5,9H2,1-2H3. The van der Waals surface area contributed by atoms with Crippen LogP contribution in [0.5, 0.6) is 0 Å². The number of hydrogen-bond acceptors (Lipinski definition) is 2. The zero-order valence-corrected chi connectivity index (χ0v) is 7.21. The Labute approximate surface area is 67.5 Å². The molecule has 1 aliphatic carbocycles. The van der Waals surface area contributed by atoms with Gasteiger partial charge in [0.15, 0.2) is 0 Å². The van der Waals surface area contributed by atoms with Crippen molar-refractivity contribution in [3.05, 3.63) is 0 Å². The van der Waals surface area contributed by atoms with Crippen molar-refractivity contribution < 1.29 is 4.79 Å². The summed E-state index contributed by atoms with van der Waals surface area (Å²) >= 11 is 0. The molecule has 0 spiro atoms. The molecule has 0 bridgehead atoms. The number of carbonyl (C=O) groups is 1. The lowest BCUT2D eigenvalue weighted by Gasteiger charge is -2.18. The van der Waals surface area contributed by atoms with Crippen LogP contribution in [0.25, 0.3) is 0 Å². The van der Waals surface area contributed by atoms with Gasteiger partial charge in [-0.2, -0.15) is 0 Å². The largest absolute Gasteiger partial charge is 0.343 e. The molecule has 0 aromatic rings. The normalized spacial score (nSPS) is 28.3. The fourth-order valence-electron chi connectivity index (χ4n) is 1.27. The summed E-state index contributed by atoms with van der Waals surface area (Å²) in [5.74, 6) is 0.373. The Morgan fingerprint density at radius 1 is 1.55 bits per heavy atom. The maximum absolute atomic E-state index is 11.4. The van der Waals surface area contributed by atoms with E-state index in [1.54, 1.807) is 0 Å². The average molecular weight is 156 g/mol. The van der Waals surface area contributed by atoms with Crippen LogP contribution in [-0.2, 0) is 4.79 Å². The molecule has 3 heteroatoms. The third-order valence-corrected chi connectivity index (χ3v) is 2.23. The minimum atomic E-state index is 0.134. The first-order chi connectivity index (χ1) is 5.20. The van der Waals surface area contributed by atoms with Crippen molar-refractivity contribution in [3.63, 3.8) is 0 Å². The minimum absolute atomic E-state index is 0.134. The number of nitrogens with two attached hydrogens (primary N) is 1. The van der Waals surface area contributed by atoms with E-state index in [4.69, 9.17) is 5.73 Å². The highest BCUT2D eigenvalue weighted by molar-refractivity contribution is 5.82. The van der Waals surface area contributed by atoms with Gasteiger partial charge in [-0.25, -0.2) is 0 Å². The van der Waals surface area contributed by atoms with Gasteiger partial charge in [0.1, 0.15) is 0 Å². The summed E-state index contributed by atoms with van der Waals surface area (Å²) in [6, 6.07) is 0.142. The highest BCUT2D eigenvalue weighted by Gasteiger charge is 2.41. The Balaban J connectivity index is 2.39. The smallest absolute Gasteiger partial charge is 0.227 e. The molecule has 2 unspecified atom stereocenters. The second-order valence-corrected chi connectivity index (χ2v) is 3.02. The minimum Gasteiger partial charge on any atom is -0.343 e. The van der Waals surface area contributed by atoms with Crippen molar-refractivity contribution in [1.29, 1.82) is 0 Å². The van der Waals surface area contributed by atoms with Crippen molar-refractivity contribution in [2.24, 2.45) is 11.7 Å². The van der Waals surface area contributed by atoms with Crippen LogP contribution >= 0.6 is 0 Å². The van der Waals surface area contributed by atoms with E-state index in [0.717, 1.165) is 19.5 Å². The van der Waals surface area contributed by atoms with E-state index in [2.05, 4.69) is 0 Å². The predicted octanol–water partition coefficient (Wildman–Crippen LogP) is 0.202. The maximum Gasteiger partial charge on any atom is 0.227 e. The van der Waals surface area contributed by atoms with Crippen LogP contribution < -0.4 is 5.73 Å². The third-order valence-electron chi connectivity index (χ3n) is 2.23. The molecule has 11 heavy (non-hydrogen) atoms. The van der Waals surface area contributed by atoms with Crippen LogP contribution in [0.1, 0.15) is 20.3 Å². The van der Waals surface area contributed by atoms with Gasteiger partial charge in [0.25, 0.3) is 0 Å². The molecule has 3 nitrogen and oxygen atoms in total. The van der Waals surface area contributed by atoms with E-state index < -0.39 is 0 Å². The Morgan fingerprint density at radius 2 is 2.00 bits per heavy atom. The molecule has 1 rings (SSSR count). The molecule has 1 fully saturated rings. The van der Waals surface area contributed by atoms with Crippen molar-refractivity contribution in [3.8, 4) is 0 Å². The fourth-order valence-corrected chi connectivity index (χ4v) is 1.27. The van der Waals surface area contributed by atoms with E-state index in [9.17, 15) is 4.79 Å². The number of nitrogens with zero attached hydrogens (tertiary/aromatic N) is 1. The Kier molecular flexibility index (Phi) is 2.49. The zero-order chi connectivity index (χ0) is 8.43. The van der Waals surface area contributed by atoms with E-state index in [1.165, 1.54) is 0 Å². The summed E-state index contributed by atoms with van der Waals surface area (Å²) < 4.78 is 0. The molecule has 0 aromatic heterocycles. The second kappa shape index (κ2) is 3.22. The summed E-state index contributed by atoms with van der Waals surface area (Å²) in [5.41, 5.74) is 5.57. The molecule has 1 aliphatic rings. The van der Waals surface area contributed by atoms with Gasteiger partial charge in [-0.05, 0) is 20.3 Å². The molecule has 0 saturated heterocycles. The van der Waals surface area contributed by atoms with Crippen LogP contribution in [0.15, 0.2) is 0 Å². The van der Waals surface area contributed by atoms with Gasteiger partial charge in [0.2, 0.25) is 5.91 Å². The maximum atomic E-state index is 11.4. The number of rotatable bonds is 3. The topological polar surface area (TPSA) is 46.3 Å². The lowest BCUT2D eigenvalue weighted by molar-refractivity contribution is -0.132. The van der Waals surface area contributed by atoms with Gasteiger partial charge in [0, 0.05) is 19.1 Å². The zero-order valence-electron chi connectivity index (χ0n) is 7.21. The summed E-state index contributed by atoms with van der Waals surface area (Å²) in [7, 11) is 0. The van der Waals surface area contributed by atoms with Gasteiger partial charge in [-0.1, -0.05) is 0 Å². The number of carbonyl (C=O) groups excluding carboxylic acids is 1. The molecule has 0 aliphatic heterocycles. The van der Waals surface area contributed by atoms with Crippen LogP contribution in [-0.4, -0.2) is 29.9 Å². The van der Waals surface area contributed by atoms with E-state index in [-0.39, 0.29) is 17.9 Å². The van der Waals surface area contributed by atoms with Gasteiger partial charge >= 0.3 is 0 Å². The summed E-state index contributed by atoms with van der Waals surface area (Å²) in [4.78, 5) is 13.3. The van der Waals surface area contributed by atoms with Crippen molar-refractivity contribution >= 4 is 5.91 Å². The fraction of sp³-hybridized carbons (Fsp3) is 0.875. The monoisotopic (exact) mass is 156 g/mol. The van der Waals surface area contributed by atoms with Crippen molar-refractivity contribution in [2.75, 3.05) is 13.1 Å². The number of amides is 1. The first-order valence-corrected chi connectivity index (χ1v) is 4.25. The quantitative estimate of drug-likeness (QED) is 0.634. The molecule has 0 radical (unpaired) electrons. The van der Waals surface area contributed by atoms with E-state index in [1.807, 2.05) is 18.7 Å². The molecule has 2 atom stereocenters. The Hall–Kier alpha value is -0.570. The van der Waals surface area contributed by atoms with Crippen LogP contribution in [0.2, 0.25) is 0 Å². The summed E-state index contributed by atoms with van der Waals surface area (Å²) in [6.07, 6.45) is 0.884. The lowest BCUT2D eigenvalue weighted by atomic mass is 10.3. The molecular weight excluding hydrogens is 140 g/mol. The van der Waals surface area contributed by atoms with Gasteiger partial charge in [0.05, 0.1) is 5.92 Å². The van der Waals surface area contributed by atoms with Crippen molar-refractivity contribution in [2.45, 2.75) is 26.3 Å². The molecule has 0 aromatic carbocycles. The van der Waals surface area contributed by atoms with Crippen molar-refractivity contribution in [1.82, 2.24) is 4.90 Å². The third kappa shape index (κ3) is 1.71.